The molecule has 11 heteroatoms. The SMILES string of the molecule is COC[C@H]1C[C@@H](Oc2cc(F)cc(NC(=O)Nc3ccc(C)nc3)c2)CN1C(=O)OC.Cl. The topological polar surface area (TPSA) is 102 Å². The van der Waals surface area contributed by atoms with Crippen molar-refractivity contribution in [1.82, 2.24) is 9.88 Å². The van der Waals surface area contributed by atoms with Gasteiger partial charge in [-0.25, -0.2) is 14.0 Å². The molecule has 3 rings (SSSR count). The van der Waals surface area contributed by atoms with Crippen molar-refractivity contribution in [2.45, 2.75) is 25.5 Å². The van der Waals surface area contributed by atoms with Gasteiger partial charge in [0.05, 0.1) is 38.2 Å². The molecule has 0 bridgehead atoms. The third kappa shape index (κ3) is 6.69. The van der Waals surface area contributed by atoms with Crippen LogP contribution in [0, 0.1) is 12.7 Å². The molecule has 1 aliphatic heterocycles. The fourth-order valence-electron chi connectivity index (χ4n) is 3.38. The maximum Gasteiger partial charge on any atom is 0.409 e. The molecule has 0 spiro atoms. The Kier molecular flexibility index (Phi) is 9.03. The lowest BCUT2D eigenvalue weighted by atomic mass is 10.2. The number of aromatic nitrogens is 1. The van der Waals surface area contributed by atoms with Crippen LogP contribution < -0.4 is 15.4 Å². The molecular weight excluding hydrogens is 443 g/mol. The van der Waals surface area contributed by atoms with Crippen LogP contribution in [0.1, 0.15) is 12.1 Å². The predicted octanol–water partition coefficient (Wildman–Crippen LogP) is 3.83. The highest BCUT2D eigenvalue weighted by molar-refractivity contribution is 5.99. The second kappa shape index (κ2) is 11.5. The maximum atomic E-state index is 14.1. The summed E-state index contributed by atoms with van der Waals surface area (Å²) in [5.74, 6) is -0.332. The van der Waals surface area contributed by atoms with Gasteiger partial charge < -0.3 is 24.8 Å². The fraction of sp³-hybridized carbons (Fsp3) is 0.381. The molecule has 2 atom stereocenters. The summed E-state index contributed by atoms with van der Waals surface area (Å²) in [6.45, 7) is 2.45. The molecule has 1 aromatic heterocycles. The Morgan fingerprint density at radius 1 is 1.19 bits per heavy atom. The van der Waals surface area contributed by atoms with Crippen LogP contribution in [0.15, 0.2) is 36.5 Å². The zero-order valence-corrected chi connectivity index (χ0v) is 18.8. The average Bonchev–Trinajstić information content (AvgIpc) is 3.11. The quantitative estimate of drug-likeness (QED) is 0.668. The first kappa shape index (κ1) is 25.2. The van der Waals surface area contributed by atoms with E-state index in [1.165, 1.54) is 36.4 Å². The van der Waals surface area contributed by atoms with Crippen LogP contribution in [0.5, 0.6) is 5.75 Å². The van der Waals surface area contributed by atoms with E-state index in [9.17, 15) is 14.0 Å². The van der Waals surface area contributed by atoms with Gasteiger partial charge in [0.15, 0.2) is 0 Å². The first-order chi connectivity index (χ1) is 14.9. The molecule has 0 radical (unpaired) electrons. The molecule has 174 valence electrons. The average molecular weight is 469 g/mol. The third-order valence-corrected chi connectivity index (χ3v) is 4.75. The number of benzene rings is 1. The van der Waals surface area contributed by atoms with Crippen LogP contribution in [0.4, 0.5) is 25.4 Å². The van der Waals surface area contributed by atoms with E-state index in [1.807, 2.05) is 6.92 Å². The largest absolute Gasteiger partial charge is 0.488 e. The zero-order valence-electron chi connectivity index (χ0n) is 18.0. The Morgan fingerprint density at radius 2 is 1.94 bits per heavy atom. The van der Waals surface area contributed by atoms with Crippen LogP contribution in [-0.2, 0) is 9.47 Å². The molecule has 0 aliphatic carbocycles. The highest BCUT2D eigenvalue weighted by atomic mass is 35.5. The number of carbonyl (C=O) groups is 2. The van der Waals surface area contributed by atoms with E-state index in [1.54, 1.807) is 19.2 Å². The van der Waals surface area contributed by atoms with Gasteiger partial charge in [0.25, 0.3) is 0 Å². The number of hydrogen-bond donors (Lipinski definition) is 2. The van der Waals surface area contributed by atoms with Crippen LogP contribution >= 0.6 is 12.4 Å². The molecule has 32 heavy (non-hydrogen) atoms. The smallest absolute Gasteiger partial charge is 0.409 e. The molecule has 1 saturated heterocycles. The Bertz CT molecular complexity index is 931. The van der Waals surface area contributed by atoms with Gasteiger partial charge in [-0.3, -0.25) is 9.88 Å². The summed E-state index contributed by atoms with van der Waals surface area (Å²) in [6.07, 6.45) is 1.18. The first-order valence-corrected chi connectivity index (χ1v) is 9.69. The number of likely N-dealkylation sites (tertiary alicyclic amines) is 1. The van der Waals surface area contributed by atoms with Gasteiger partial charge in [-0.2, -0.15) is 0 Å². The number of halogens is 2. The molecule has 3 amide bonds. The van der Waals surface area contributed by atoms with Crippen molar-refractivity contribution in [3.05, 3.63) is 48.0 Å². The molecular formula is C21H26ClFN4O5. The summed E-state index contributed by atoms with van der Waals surface area (Å²) in [7, 11) is 2.86. The van der Waals surface area contributed by atoms with Crippen molar-refractivity contribution in [2.24, 2.45) is 0 Å². The number of nitrogens with zero attached hydrogens (tertiary/aromatic N) is 2. The van der Waals surface area contributed by atoms with E-state index in [-0.39, 0.29) is 42.5 Å². The van der Waals surface area contributed by atoms with Crippen molar-refractivity contribution < 1.29 is 28.2 Å². The van der Waals surface area contributed by atoms with Crippen molar-refractivity contribution in [3.63, 3.8) is 0 Å². The summed E-state index contributed by atoms with van der Waals surface area (Å²) >= 11 is 0. The summed E-state index contributed by atoms with van der Waals surface area (Å²) in [5.41, 5.74) is 1.56. The number of hydrogen-bond acceptors (Lipinski definition) is 6. The summed E-state index contributed by atoms with van der Waals surface area (Å²) < 4.78 is 30.0. The van der Waals surface area contributed by atoms with Crippen molar-refractivity contribution in [2.75, 3.05) is 38.0 Å². The lowest BCUT2D eigenvalue weighted by Crippen LogP contribution is -2.38. The highest BCUT2D eigenvalue weighted by Gasteiger charge is 2.37. The Balaban J connectivity index is 0.00000363. The predicted molar refractivity (Wildman–Crippen MR) is 119 cm³/mol. The maximum absolute atomic E-state index is 14.1. The Labute approximate surface area is 191 Å². The molecule has 2 aromatic rings. The number of nitrogens with one attached hydrogen (secondary N) is 2. The Morgan fingerprint density at radius 3 is 2.59 bits per heavy atom. The van der Waals surface area contributed by atoms with Gasteiger partial charge in [0, 0.05) is 37.0 Å². The van der Waals surface area contributed by atoms with E-state index in [2.05, 4.69) is 15.6 Å². The second-order valence-corrected chi connectivity index (χ2v) is 7.15. The third-order valence-electron chi connectivity index (χ3n) is 4.75. The minimum atomic E-state index is -0.568. The van der Waals surface area contributed by atoms with Gasteiger partial charge in [0.1, 0.15) is 17.7 Å². The monoisotopic (exact) mass is 468 g/mol. The number of pyridine rings is 1. The van der Waals surface area contributed by atoms with Crippen molar-refractivity contribution in [3.8, 4) is 5.75 Å². The molecule has 1 aliphatic rings. The summed E-state index contributed by atoms with van der Waals surface area (Å²) in [6, 6.07) is 6.65. The van der Waals surface area contributed by atoms with Crippen molar-refractivity contribution in [1.29, 1.82) is 0 Å². The van der Waals surface area contributed by atoms with E-state index in [0.717, 1.165) is 5.69 Å². The summed E-state index contributed by atoms with van der Waals surface area (Å²) in [5, 5.41) is 5.20. The molecule has 0 saturated carbocycles. The molecule has 1 aromatic carbocycles. The second-order valence-electron chi connectivity index (χ2n) is 7.15. The van der Waals surface area contributed by atoms with Gasteiger partial charge in [-0.05, 0) is 25.1 Å². The van der Waals surface area contributed by atoms with Gasteiger partial charge in [0.2, 0.25) is 0 Å². The minimum Gasteiger partial charge on any atom is -0.488 e. The number of urea groups is 1. The molecule has 9 nitrogen and oxygen atoms in total. The van der Waals surface area contributed by atoms with Crippen molar-refractivity contribution >= 4 is 35.9 Å². The van der Waals surface area contributed by atoms with Crippen LogP contribution in [0.3, 0.4) is 0 Å². The number of aryl methyl sites for hydroxylation is 1. The number of methoxy groups -OCH3 is 2. The molecule has 0 unspecified atom stereocenters. The minimum absolute atomic E-state index is 0. The first-order valence-electron chi connectivity index (χ1n) is 9.69. The van der Waals surface area contributed by atoms with Crippen LogP contribution in [0.25, 0.3) is 0 Å². The lowest BCUT2D eigenvalue weighted by molar-refractivity contribution is 0.0866. The van der Waals surface area contributed by atoms with Gasteiger partial charge >= 0.3 is 12.1 Å². The number of rotatable bonds is 6. The Hall–Kier alpha value is -3.11. The standard InChI is InChI=1S/C21H25FN4O5.ClH/c1-13-4-5-15(10-23-13)24-20(27)25-16-6-14(22)7-18(8-16)31-19-9-17(12-29-2)26(11-19)21(28)30-3;/h4-8,10,17,19H,9,11-12H2,1-3H3,(H2,24,25,27);1H/t17-,19-;/m1./s1. The van der Waals surface area contributed by atoms with E-state index < -0.39 is 17.9 Å². The number of anilines is 2. The lowest BCUT2D eigenvalue weighted by Gasteiger charge is -2.21. The molecule has 2 N–H and O–H groups in total. The fourth-order valence-corrected chi connectivity index (χ4v) is 3.38. The molecule has 2 heterocycles. The number of ether oxygens (including phenoxy) is 3. The number of amides is 3. The van der Waals surface area contributed by atoms with Crippen LogP contribution in [-0.4, -0.2) is 61.5 Å². The molecule has 1 fully saturated rings. The zero-order chi connectivity index (χ0) is 22.4. The number of carbonyl (C=O) groups excluding carboxylic acids is 2. The van der Waals surface area contributed by atoms with E-state index >= 15 is 0 Å². The normalized spacial score (nSPS) is 17.3. The van der Waals surface area contributed by atoms with Crippen LogP contribution in [0.2, 0.25) is 0 Å². The van der Waals surface area contributed by atoms with E-state index in [4.69, 9.17) is 14.2 Å². The van der Waals surface area contributed by atoms with Gasteiger partial charge in [-0.15, -0.1) is 12.4 Å². The van der Waals surface area contributed by atoms with Gasteiger partial charge in [-0.1, -0.05) is 0 Å². The van der Waals surface area contributed by atoms with E-state index in [0.29, 0.717) is 18.7 Å². The summed E-state index contributed by atoms with van der Waals surface area (Å²) in [4.78, 5) is 29.8. The highest BCUT2D eigenvalue weighted by Crippen LogP contribution is 2.27.